The molecule has 3 unspecified atom stereocenters. The molecule has 15 heavy (non-hydrogen) atoms. The number of hydrogen-bond acceptors (Lipinski definition) is 4. The van der Waals surface area contributed by atoms with Crippen LogP contribution in [0.2, 0.25) is 0 Å². The maximum Gasteiger partial charge on any atom is 0.357 e. The highest BCUT2D eigenvalue weighted by molar-refractivity contribution is 7.56. The smallest absolute Gasteiger partial charge is 0.357 e. The predicted molar refractivity (Wildman–Crippen MR) is 53.3 cm³/mol. The third-order valence-electron chi connectivity index (χ3n) is 1.74. The summed E-state index contributed by atoms with van der Waals surface area (Å²) in [5, 5.41) is 9.10. The fourth-order valence-electron chi connectivity index (χ4n) is 0.849. The largest absolute Gasteiger partial charge is 0.380 e. The first-order chi connectivity index (χ1) is 6.65. The van der Waals surface area contributed by atoms with E-state index in [0.717, 1.165) is 0 Å². The van der Waals surface area contributed by atoms with Crippen LogP contribution in [-0.4, -0.2) is 31.5 Å². The van der Waals surface area contributed by atoms with E-state index in [2.05, 4.69) is 4.52 Å². The van der Waals surface area contributed by atoms with E-state index >= 15 is 0 Å². The van der Waals surface area contributed by atoms with Gasteiger partial charge in [-0.2, -0.15) is 0 Å². The molecule has 0 fully saturated rings. The first kappa shape index (κ1) is 15.3. The van der Waals surface area contributed by atoms with Crippen molar-refractivity contribution in [3.63, 3.8) is 0 Å². The van der Waals surface area contributed by atoms with Gasteiger partial charge in [-0.3, -0.25) is 13.7 Å². The van der Waals surface area contributed by atoms with Crippen molar-refractivity contribution in [1.29, 1.82) is 0 Å². The Morgan fingerprint density at radius 1 is 1.13 bits per heavy atom. The van der Waals surface area contributed by atoms with Crippen LogP contribution in [0.5, 0.6) is 0 Å². The molecule has 9 heteroatoms. The van der Waals surface area contributed by atoms with Crippen molar-refractivity contribution in [3.05, 3.63) is 0 Å². The molecular formula is C6H16O7P2. The highest BCUT2D eigenvalue weighted by Gasteiger charge is 2.38. The summed E-state index contributed by atoms with van der Waals surface area (Å²) in [6.07, 6.45) is -0.156. The Morgan fingerprint density at radius 3 is 1.87 bits per heavy atom. The molecule has 92 valence electrons. The van der Waals surface area contributed by atoms with Crippen molar-refractivity contribution < 1.29 is 33.4 Å². The second-order valence-corrected chi connectivity index (χ2v) is 6.70. The van der Waals surface area contributed by atoms with Gasteiger partial charge in [0.2, 0.25) is 0 Å². The second kappa shape index (κ2) is 5.55. The van der Waals surface area contributed by atoms with Gasteiger partial charge in [-0.05, 0) is 12.8 Å². The van der Waals surface area contributed by atoms with Gasteiger partial charge >= 0.3 is 15.2 Å². The summed E-state index contributed by atoms with van der Waals surface area (Å²) in [6.45, 7) is 2.86. The van der Waals surface area contributed by atoms with Gasteiger partial charge < -0.3 is 19.8 Å². The van der Waals surface area contributed by atoms with Crippen molar-refractivity contribution in [1.82, 2.24) is 0 Å². The van der Waals surface area contributed by atoms with Crippen molar-refractivity contribution in [2.75, 3.05) is 0 Å². The van der Waals surface area contributed by atoms with Gasteiger partial charge in [-0.1, -0.05) is 13.8 Å². The minimum Gasteiger partial charge on any atom is -0.380 e. The average Bonchev–Trinajstić information content (AvgIpc) is 2.10. The Bertz CT molecular complexity index is 285. The van der Waals surface area contributed by atoms with Gasteiger partial charge in [0.15, 0.2) is 11.7 Å². The minimum atomic E-state index is -4.59. The summed E-state index contributed by atoms with van der Waals surface area (Å²) in [5.41, 5.74) is 0. The fraction of sp³-hybridized carbons (Fsp3) is 1.00. The van der Waals surface area contributed by atoms with Crippen LogP contribution in [0.1, 0.15) is 26.7 Å². The maximum atomic E-state index is 11.3. The zero-order valence-corrected chi connectivity index (χ0v) is 10.3. The molecule has 4 N–H and O–H groups in total. The molecule has 0 aromatic rings. The molecule has 0 amide bonds. The van der Waals surface area contributed by atoms with Gasteiger partial charge in [0.1, 0.15) is 0 Å². The molecule has 0 spiro atoms. The maximum absolute atomic E-state index is 11.3. The summed E-state index contributed by atoms with van der Waals surface area (Å²) in [5.74, 6) is -3.28. The van der Waals surface area contributed by atoms with E-state index in [1.807, 2.05) is 0 Å². The molecule has 0 radical (unpaired) electrons. The number of aliphatic hydroxyl groups excluding tert-OH is 1. The average molecular weight is 262 g/mol. The highest BCUT2D eigenvalue weighted by Crippen LogP contribution is 2.56. The van der Waals surface area contributed by atoms with E-state index in [9.17, 15) is 14.0 Å². The van der Waals surface area contributed by atoms with Gasteiger partial charge in [0.25, 0.3) is 0 Å². The van der Waals surface area contributed by atoms with Crippen LogP contribution in [0.4, 0.5) is 0 Å². The topological polar surface area (TPSA) is 124 Å². The SMILES string of the molecule is CCC(OP(=O)(O)C(O)CC)P(=O)(O)O. The van der Waals surface area contributed by atoms with Crippen LogP contribution in [0, 0.1) is 0 Å². The second-order valence-electron chi connectivity index (χ2n) is 3.01. The molecular weight excluding hydrogens is 246 g/mol. The van der Waals surface area contributed by atoms with Crippen molar-refractivity contribution in [2.45, 2.75) is 38.4 Å². The quantitative estimate of drug-likeness (QED) is 0.522. The number of rotatable bonds is 6. The zero-order chi connectivity index (χ0) is 12.3. The molecule has 7 nitrogen and oxygen atoms in total. The lowest BCUT2D eigenvalue weighted by Gasteiger charge is -2.23. The minimum absolute atomic E-state index is 0.0363. The molecule has 0 aliphatic rings. The molecule has 0 rings (SSSR count). The molecule has 0 aromatic carbocycles. The molecule has 0 saturated carbocycles. The van der Waals surface area contributed by atoms with Crippen LogP contribution in [-0.2, 0) is 13.7 Å². The summed E-state index contributed by atoms with van der Waals surface area (Å²) in [7, 11) is -8.98. The predicted octanol–water partition coefficient (Wildman–Crippen LogP) is 0.831. The van der Waals surface area contributed by atoms with Crippen molar-refractivity contribution in [3.8, 4) is 0 Å². The summed E-state index contributed by atoms with van der Waals surface area (Å²) in [6, 6.07) is 0. The van der Waals surface area contributed by atoms with E-state index in [-0.39, 0.29) is 12.8 Å². The summed E-state index contributed by atoms with van der Waals surface area (Å²) < 4.78 is 26.5. The van der Waals surface area contributed by atoms with Crippen molar-refractivity contribution in [2.24, 2.45) is 0 Å². The monoisotopic (exact) mass is 262 g/mol. The van der Waals surface area contributed by atoms with E-state index in [4.69, 9.17) is 14.9 Å². The van der Waals surface area contributed by atoms with Gasteiger partial charge in [-0.25, -0.2) is 0 Å². The van der Waals surface area contributed by atoms with E-state index in [0.29, 0.717) is 0 Å². The Kier molecular flexibility index (Phi) is 5.64. The molecule has 0 aromatic heterocycles. The molecule has 0 aliphatic heterocycles. The lowest BCUT2D eigenvalue weighted by Crippen LogP contribution is -2.16. The van der Waals surface area contributed by atoms with Crippen molar-refractivity contribution >= 4 is 15.2 Å². The fourth-order valence-corrected chi connectivity index (χ4v) is 3.32. The zero-order valence-electron chi connectivity index (χ0n) is 8.48. The van der Waals surface area contributed by atoms with Crippen LogP contribution in [0.25, 0.3) is 0 Å². The van der Waals surface area contributed by atoms with Gasteiger partial charge in [-0.15, -0.1) is 0 Å². The standard InChI is InChI=1S/C6H16O7P2/c1-3-5(7)15(11,12)13-6(4-2)14(8,9)10/h5-7H,3-4H2,1-2H3,(H,11,12)(H2,8,9,10). The molecule has 3 atom stereocenters. The van der Waals surface area contributed by atoms with Crippen LogP contribution < -0.4 is 0 Å². The summed E-state index contributed by atoms with van der Waals surface area (Å²) in [4.78, 5) is 26.7. The molecule has 0 bridgehead atoms. The normalized spacial score (nSPS) is 20.7. The van der Waals surface area contributed by atoms with Gasteiger partial charge in [0, 0.05) is 0 Å². The molecule has 0 aliphatic carbocycles. The van der Waals surface area contributed by atoms with E-state index in [1.165, 1.54) is 13.8 Å². The van der Waals surface area contributed by atoms with Crippen LogP contribution in [0.3, 0.4) is 0 Å². The first-order valence-electron chi connectivity index (χ1n) is 4.39. The third-order valence-corrected chi connectivity index (χ3v) is 4.80. The molecule has 0 saturated heterocycles. The van der Waals surface area contributed by atoms with Gasteiger partial charge in [0.05, 0.1) is 0 Å². The van der Waals surface area contributed by atoms with Crippen LogP contribution >= 0.6 is 15.2 Å². The Morgan fingerprint density at radius 2 is 1.60 bits per heavy atom. The highest BCUT2D eigenvalue weighted by atomic mass is 31.2. The lowest BCUT2D eigenvalue weighted by molar-refractivity contribution is 0.143. The molecule has 0 heterocycles. The number of aliphatic hydroxyl groups is 1. The third kappa shape index (κ3) is 4.74. The van der Waals surface area contributed by atoms with E-state index < -0.39 is 26.9 Å². The Balaban J connectivity index is 4.70. The number of hydrogen-bond donors (Lipinski definition) is 4. The Hall–Kier alpha value is 0.260. The van der Waals surface area contributed by atoms with Crippen LogP contribution in [0.15, 0.2) is 0 Å². The Labute approximate surface area is 87.8 Å². The first-order valence-corrected chi connectivity index (χ1v) is 7.72. The van der Waals surface area contributed by atoms with E-state index in [1.54, 1.807) is 0 Å². The summed E-state index contributed by atoms with van der Waals surface area (Å²) >= 11 is 0. The lowest BCUT2D eigenvalue weighted by atomic mass is 10.5.